The molecular formula is C28H32N4O7. The van der Waals surface area contributed by atoms with E-state index in [0.717, 1.165) is 11.3 Å². The van der Waals surface area contributed by atoms with Gasteiger partial charge in [-0.3, -0.25) is 24.6 Å². The van der Waals surface area contributed by atoms with Gasteiger partial charge in [0.05, 0.1) is 23.1 Å². The predicted octanol–water partition coefficient (Wildman–Crippen LogP) is 4.14. The average Bonchev–Trinajstić information content (AvgIpc) is 2.97. The second-order valence-corrected chi connectivity index (χ2v) is 10.1. The van der Waals surface area contributed by atoms with Crippen molar-refractivity contribution >= 4 is 35.0 Å². The van der Waals surface area contributed by atoms with E-state index in [0.29, 0.717) is 64.2 Å². The number of rotatable bonds is 6. The molecule has 0 radical (unpaired) electrons. The molecule has 3 aliphatic heterocycles. The van der Waals surface area contributed by atoms with Crippen LogP contribution in [0.2, 0.25) is 0 Å². The van der Waals surface area contributed by atoms with Crippen LogP contribution >= 0.6 is 0 Å². The van der Waals surface area contributed by atoms with Crippen LogP contribution in [0.15, 0.2) is 42.5 Å². The molecule has 3 aliphatic rings. The lowest BCUT2D eigenvalue weighted by molar-refractivity contribution is -0.384. The molecule has 11 nitrogen and oxygen atoms in total. The van der Waals surface area contributed by atoms with Crippen LogP contribution in [0.1, 0.15) is 48.5 Å². The van der Waals surface area contributed by atoms with E-state index in [1.54, 1.807) is 28.9 Å². The standard InChI is InChI=1S/C28H32N4O7/c1-2-38-27(34)19-9-13-30(14-10-19)26(33)20-7-8-24(25(17-20)32(36)37)29-15-11-22(12-16-29)31-23-6-4-3-5-21(23)18-39-28(31)35/h3-8,17,19,22H,2,9-16,18H2,1H3. The highest BCUT2D eigenvalue weighted by Gasteiger charge is 2.36. The minimum atomic E-state index is -0.455. The summed E-state index contributed by atoms with van der Waals surface area (Å²) in [6, 6.07) is 12.2. The largest absolute Gasteiger partial charge is 0.466 e. The molecule has 5 rings (SSSR count). The van der Waals surface area contributed by atoms with Gasteiger partial charge in [-0.05, 0) is 50.8 Å². The van der Waals surface area contributed by atoms with Crippen molar-refractivity contribution in [1.82, 2.24) is 4.90 Å². The normalized spacial score (nSPS) is 18.4. The number of nitrogens with zero attached hydrogens (tertiary/aromatic N) is 4. The summed E-state index contributed by atoms with van der Waals surface area (Å²) in [7, 11) is 0. The van der Waals surface area contributed by atoms with Crippen LogP contribution < -0.4 is 9.80 Å². The fourth-order valence-corrected chi connectivity index (χ4v) is 5.72. The van der Waals surface area contributed by atoms with Crippen molar-refractivity contribution in [2.24, 2.45) is 5.92 Å². The van der Waals surface area contributed by atoms with E-state index in [-0.39, 0.29) is 47.8 Å². The van der Waals surface area contributed by atoms with Crippen LogP contribution in [-0.4, -0.2) is 66.6 Å². The van der Waals surface area contributed by atoms with Gasteiger partial charge in [0, 0.05) is 49.4 Å². The van der Waals surface area contributed by atoms with Crippen molar-refractivity contribution < 1.29 is 28.8 Å². The molecule has 0 saturated carbocycles. The van der Waals surface area contributed by atoms with Gasteiger partial charge in [0.1, 0.15) is 12.3 Å². The quantitative estimate of drug-likeness (QED) is 0.307. The molecule has 2 aromatic carbocycles. The first kappa shape index (κ1) is 26.5. The molecule has 0 N–H and O–H groups in total. The maximum Gasteiger partial charge on any atom is 0.414 e. The zero-order valence-electron chi connectivity index (χ0n) is 21.9. The molecule has 2 amide bonds. The van der Waals surface area contributed by atoms with Gasteiger partial charge in [0.25, 0.3) is 11.6 Å². The molecule has 2 aromatic rings. The van der Waals surface area contributed by atoms with Gasteiger partial charge in [-0.25, -0.2) is 4.79 Å². The Labute approximate surface area is 226 Å². The summed E-state index contributed by atoms with van der Waals surface area (Å²) in [4.78, 5) is 54.6. The number of piperidine rings is 2. The average molecular weight is 537 g/mol. The highest BCUT2D eigenvalue weighted by atomic mass is 16.6. The lowest BCUT2D eigenvalue weighted by atomic mass is 9.96. The van der Waals surface area contributed by atoms with E-state index in [1.807, 2.05) is 29.2 Å². The van der Waals surface area contributed by atoms with Crippen molar-refractivity contribution in [3.8, 4) is 0 Å². The van der Waals surface area contributed by atoms with Gasteiger partial charge in [0.2, 0.25) is 0 Å². The third kappa shape index (κ3) is 5.39. The SMILES string of the molecule is CCOC(=O)C1CCN(C(=O)c2ccc(N3CCC(N4C(=O)OCc5ccccc54)CC3)c([N+](=O)[O-])c2)CC1. The number of para-hydroxylation sites is 1. The first-order chi connectivity index (χ1) is 18.9. The number of esters is 1. The number of benzene rings is 2. The van der Waals surface area contributed by atoms with E-state index in [2.05, 4.69) is 0 Å². The van der Waals surface area contributed by atoms with Crippen LogP contribution in [0.3, 0.4) is 0 Å². The van der Waals surface area contributed by atoms with Crippen molar-refractivity contribution in [2.45, 2.75) is 45.3 Å². The Morgan fingerprint density at radius 1 is 1.03 bits per heavy atom. The summed E-state index contributed by atoms with van der Waals surface area (Å²) in [5.74, 6) is -0.753. The van der Waals surface area contributed by atoms with Crippen LogP contribution in [0, 0.1) is 16.0 Å². The maximum absolute atomic E-state index is 13.1. The predicted molar refractivity (Wildman–Crippen MR) is 143 cm³/mol. The molecule has 0 unspecified atom stereocenters. The van der Waals surface area contributed by atoms with Crippen LogP contribution in [0.5, 0.6) is 0 Å². The fraction of sp³-hybridized carbons (Fsp3) is 0.464. The van der Waals surface area contributed by atoms with Crippen molar-refractivity contribution in [2.75, 3.05) is 42.6 Å². The third-order valence-corrected chi connectivity index (χ3v) is 7.79. The number of likely N-dealkylation sites (tertiary alicyclic amines) is 1. The molecule has 0 aliphatic carbocycles. The minimum absolute atomic E-state index is 0.0763. The number of carbonyl (C=O) groups excluding carboxylic acids is 3. The summed E-state index contributed by atoms with van der Waals surface area (Å²) >= 11 is 0. The third-order valence-electron chi connectivity index (χ3n) is 7.79. The Morgan fingerprint density at radius 2 is 1.74 bits per heavy atom. The molecule has 0 bridgehead atoms. The topological polar surface area (TPSA) is 123 Å². The second-order valence-electron chi connectivity index (χ2n) is 10.1. The van der Waals surface area contributed by atoms with Gasteiger partial charge in [-0.2, -0.15) is 0 Å². The molecule has 2 fully saturated rings. The summed E-state index contributed by atoms with van der Waals surface area (Å²) in [5.41, 5.74) is 2.40. The van der Waals surface area contributed by atoms with Gasteiger partial charge in [-0.1, -0.05) is 18.2 Å². The first-order valence-corrected chi connectivity index (χ1v) is 13.4. The Hall–Kier alpha value is -4.15. The maximum atomic E-state index is 13.1. The minimum Gasteiger partial charge on any atom is -0.466 e. The highest BCUT2D eigenvalue weighted by Crippen LogP contribution is 2.36. The molecule has 3 heterocycles. The molecule has 0 aromatic heterocycles. The second kappa shape index (κ2) is 11.3. The zero-order chi connectivity index (χ0) is 27.5. The lowest BCUT2D eigenvalue weighted by Crippen LogP contribution is -2.49. The molecule has 0 atom stereocenters. The number of amides is 2. The van der Waals surface area contributed by atoms with Crippen molar-refractivity contribution in [3.05, 3.63) is 63.7 Å². The van der Waals surface area contributed by atoms with E-state index in [1.165, 1.54) is 6.07 Å². The molecule has 0 spiro atoms. The van der Waals surface area contributed by atoms with Gasteiger partial charge >= 0.3 is 12.1 Å². The zero-order valence-corrected chi connectivity index (χ0v) is 21.9. The van der Waals surface area contributed by atoms with Gasteiger partial charge in [0.15, 0.2) is 0 Å². The van der Waals surface area contributed by atoms with E-state index in [4.69, 9.17) is 9.47 Å². The summed E-state index contributed by atoms with van der Waals surface area (Å²) in [6.07, 6.45) is 1.89. The van der Waals surface area contributed by atoms with Gasteiger partial charge < -0.3 is 19.3 Å². The van der Waals surface area contributed by atoms with Gasteiger partial charge in [-0.15, -0.1) is 0 Å². The number of ether oxygens (including phenoxy) is 2. The van der Waals surface area contributed by atoms with E-state index in [9.17, 15) is 24.5 Å². The number of hydrogen-bond acceptors (Lipinski definition) is 8. The lowest BCUT2D eigenvalue weighted by Gasteiger charge is -2.40. The number of anilines is 2. The molecule has 39 heavy (non-hydrogen) atoms. The first-order valence-electron chi connectivity index (χ1n) is 13.4. The van der Waals surface area contributed by atoms with Crippen LogP contribution in [0.4, 0.5) is 21.9 Å². The van der Waals surface area contributed by atoms with Crippen molar-refractivity contribution in [3.63, 3.8) is 0 Å². The number of carbonyl (C=O) groups is 3. The molecule has 206 valence electrons. The van der Waals surface area contributed by atoms with Crippen molar-refractivity contribution in [1.29, 1.82) is 0 Å². The molecular weight excluding hydrogens is 504 g/mol. The van der Waals surface area contributed by atoms with Crippen LogP contribution in [-0.2, 0) is 20.9 Å². The Balaban J connectivity index is 1.26. The Morgan fingerprint density at radius 3 is 2.44 bits per heavy atom. The van der Waals surface area contributed by atoms with E-state index < -0.39 is 4.92 Å². The van der Waals surface area contributed by atoms with E-state index >= 15 is 0 Å². The molecule has 11 heteroatoms. The van der Waals surface area contributed by atoms with Crippen LogP contribution in [0.25, 0.3) is 0 Å². The number of cyclic esters (lactones) is 1. The Bertz CT molecular complexity index is 1270. The Kier molecular flexibility index (Phi) is 7.67. The fourth-order valence-electron chi connectivity index (χ4n) is 5.72. The number of fused-ring (bicyclic) bond motifs is 1. The molecule has 2 saturated heterocycles. The summed E-state index contributed by atoms with van der Waals surface area (Å²) in [6.45, 7) is 4.17. The monoisotopic (exact) mass is 536 g/mol. The number of nitro groups is 1. The number of hydrogen-bond donors (Lipinski definition) is 0. The summed E-state index contributed by atoms with van der Waals surface area (Å²) < 4.78 is 10.5. The highest BCUT2D eigenvalue weighted by molar-refractivity contribution is 5.96. The summed E-state index contributed by atoms with van der Waals surface area (Å²) in [5, 5.41) is 12.0. The smallest absolute Gasteiger partial charge is 0.414 e. The number of nitro benzene ring substituents is 1.